The van der Waals surface area contributed by atoms with Crippen molar-refractivity contribution in [2.75, 3.05) is 5.75 Å². The smallest absolute Gasteiger partial charge is 0.250 e. The number of carbonyl (C=O) groups is 1. The molecule has 0 aliphatic carbocycles. The molecule has 0 unspecified atom stereocenters. The van der Waals surface area contributed by atoms with Crippen molar-refractivity contribution < 1.29 is 4.79 Å². The lowest BCUT2D eigenvalue weighted by atomic mass is 10.2. The van der Waals surface area contributed by atoms with Crippen LogP contribution in [-0.2, 0) is 4.79 Å². The molecule has 1 aromatic carbocycles. The Morgan fingerprint density at radius 3 is 2.58 bits per heavy atom. The summed E-state index contributed by atoms with van der Waals surface area (Å²) in [4.78, 5) is 20.3. The van der Waals surface area contributed by atoms with E-state index >= 15 is 0 Å². The van der Waals surface area contributed by atoms with E-state index in [0.29, 0.717) is 10.2 Å². The van der Waals surface area contributed by atoms with E-state index in [1.807, 2.05) is 50.2 Å². The van der Waals surface area contributed by atoms with Crippen LogP contribution < -0.4 is 5.43 Å². The summed E-state index contributed by atoms with van der Waals surface area (Å²) in [7, 11) is 0. The van der Waals surface area contributed by atoms with Crippen LogP contribution in [0.25, 0.3) is 6.08 Å². The zero-order chi connectivity index (χ0) is 17.4. The Bertz CT molecular complexity index is 742. The van der Waals surface area contributed by atoms with Crippen LogP contribution in [0.5, 0.6) is 0 Å². The number of nitrogens with one attached hydrogen (secondary N) is 1. The predicted molar refractivity (Wildman–Crippen MR) is 99.1 cm³/mol. The number of hydrazone groups is 1. The van der Waals surface area contributed by atoms with Crippen LogP contribution in [0.3, 0.4) is 0 Å². The Hall–Kier alpha value is -2.18. The van der Waals surface area contributed by atoms with E-state index in [4.69, 9.17) is 11.6 Å². The molecular formula is C17H17ClN4OS. The van der Waals surface area contributed by atoms with Crippen LogP contribution in [-0.4, -0.2) is 27.8 Å². The number of aryl methyl sites for hydroxylation is 2. The van der Waals surface area contributed by atoms with Crippen LogP contribution in [0, 0.1) is 13.8 Å². The number of benzene rings is 1. The molecule has 2 rings (SSSR count). The number of allylic oxidation sites excluding steroid dienone is 1. The van der Waals surface area contributed by atoms with Gasteiger partial charge in [0.25, 0.3) is 5.91 Å². The number of rotatable bonds is 6. The van der Waals surface area contributed by atoms with Crippen molar-refractivity contribution >= 4 is 41.6 Å². The Morgan fingerprint density at radius 2 is 1.92 bits per heavy atom. The number of nitrogens with zero attached hydrogens (tertiary/aromatic N) is 3. The molecule has 1 aromatic heterocycles. The van der Waals surface area contributed by atoms with Gasteiger partial charge in [0.2, 0.25) is 0 Å². The molecule has 2 aromatic rings. The molecule has 7 heteroatoms. The SMILES string of the molecule is Cc1cc(C)nc(SCC(=O)N/N=C/C(Cl)=C/c2ccccc2)n1. The lowest BCUT2D eigenvalue weighted by Gasteiger charge is -2.02. The van der Waals surface area contributed by atoms with E-state index in [9.17, 15) is 4.79 Å². The van der Waals surface area contributed by atoms with Gasteiger partial charge in [-0.1, -0.05) is 53.7 Å². The van der Waals surface area contributed by atoms with E-state index < -0.39 is 0 Å². The normalized spacial score (nSPS) is 11.7. The number of hydrogen-bond donors (Lipinski definition) is 1. The maximum absolute atomic E-state index is 11.8. The van der Waals surface area contributed by atoms with Crippen molar-refractivity contribution in [3.05, 3.63) is 58.4 Å². The van der Waals surface area contributed by atoms with E-state index in [1.54, 1.807) is 6.08 Å². The minimum atomic E-state index is -0.247. The molecule has 5 nitrogen and oxygen atoms in total. The number of aromatic nitrogens is 2. The van der Waals surface area contributed by atoms with Crippen molar-refractivity contribution in [2.45, 2.75) is 19.0 Å². The van der Waals surface area contributed by atoms with Gasteiger partial charge in [0.1, 0.15) is 0 Å². The summed E-state index contributed by atoms with van der Waals surface area (Å²) in [5, 5.41) is 4.84. The summed E-state index contributed by atoms with van der Waals surface area (Å²) in [5.41, 5.74) is 5.14. The van der Waals surface area contributed by atoms with E-state index in [0.717, 1.165) is 17.0 Å². The van der Waals surface area contributed by atoms with Crippen molar-refractivity contribution in [1.82, 2.24) is 15.4 Å². The van der Waals surface area contributed by atoms with Crippen molar-refractivity contribution in [3.8, 4) is 0 Å². The third kappa shape index (κ3) is 6.52. The molecule has 0 aliphatic heterocycles. The highest BCUT2D eigenvalue weighted by molar-refractivity contribution is 7.99. The molecule has 0 bridgehead atoms. The fourth-order valence-electron chi connectivity index (χ4n) is 1.83. The highest BCUT2D eigenvalue weighted by Crippen LogP contribution is 2.13. The van der Waals surface area contributed by atoms with Gasteiger partial charge in [-0.3, -0.25) is 4.79 Å². The van der Waals surface area contributed by atoms with Crippen LogP contribution >= 0.6 is 23.4 Å². The summed E-state index contributed by atoms with van der Waals surface area (Å²) in [6.45, 7) is 3.79. The van der Waals surface area contributed by atoms with Gasteiger partial charge in [0, 0.05) is 11.4 Å². The molecule has 1 amide bonds. The van der Waals surface area contributed by atoms with Gasteiger partial charge >= 0.3 is 0 Å². The fraction of sp³-hybridized carbons (Fsp3) is 0.176. The summed E-state index contributed by atoms with van der Waals surface area (Å²) in [5.74, 6) is -0.0662. The molecule has 0 atom stereocenters. The van der Waals surface area contributed by atoms with E-state index in [1.165, 1.54) is 18.0 Å². The van der Waals surface area contributed by atoms with Crippen LogP contribution in [0.2, 0.25) is 0 Å². The number of carbonyl (C=O) groups excluding carboxylic acids is 1. The maximum atomic E-state index is 11.8. The zero-order valence-corrected chi connectivity index (χ0v) is 14.9. The lowest BCUT2D eigenvalue weighted by Crippen LogP contribution is -2.19. The Morgan fingerprint density at radius 1 is 1.25 bits per heavy atom. The number of hydrogen-bond acceptors (Lipinski definition) is 5. The molecule has 1 heterocycles. The first-order valence-corrected chi connectivity index (χ1v) is 8.58. The second-order valence-electron chi connectivity index (χ2n) is 4.96. The first kappa shape index (κ1) is 18.2. The summed E-state index contributed by atoms with van der Waals surface area (Å²) < 4.78 is 0. The molecule has 0 aliphatic rings. The van der Waals surface area contributed by atoms with Gasteiger partial charge in [-0.05, 0) is 31.6 Å². The first-order chi connectivity index (χ1) is 11.5. The number of thioether (sulfide) groups is 1. The molecule has 0 spiro atoms. The minimum absolute atomic E-state index is 0.181. The summed E-state index contributed by atoms with van der Waals surface area (Å²) in [6, 6.07) is 11.5. The Labute approximate surface area is 150 Å². The zero-order valence-electron chi connectivity index (χ0n) is 13.4. The maximum Gasteiger partial charge on any atom is 0.250 e. The molecule has 0 fully saturated rings. The van der Waals surface area contributed by atoms with Gasteiger partial charge < -0.3 is 0 Å². The van der Waals surface area contributed by atoms with Crippen LogP contribution in [0.15, 0.2) is 51.7 Å². The van der Waals surface area contributed by atoms with Crippen LogP contribution in [0.4, 0.5) is 0 Å². The first-order valence-electron chi connectivity index (χ1n) is 7.22. The Balaban J connectivity index is 1.81. The van der Waals surface area contributed by atoms with E-state index in [-0.39, 0.29) is 11.7 Å². The van der Waals surface area contributed by atoms with Crippen molar-refractivity contribution in [1.29, 1.82) is 0 Å². The van der Waals surface area contributed by atoms with Gasteiger partial charge in [0.05, 0.1) is 17.0 Å². The Kier molecular flexibility index (Phi) is 6.96. The monoisotopic (exact) mass is 360 g/mol. The second-order valence-corrected chi connectivity index (χ2v) is 6.33. The average molecular weight is 361 g/mol. The molecule has 24 heavy (non-hydrogen) atoms. The molecule has 124 valence electrons. The highest BCUT2D eigenvalue weighted by Gasteiger charge is 2.05. The topological polar surface area (TPSA) is 67.2 Å². The highest BCUT2D eigenvalue weighted by atomic mass is 35.5. The average Bonchev–Trinajstić information content (AvgIpc) is 2.53. The van der Waals surface area contributed by atoms with Crippen molar-refractivity contribution in [2.24, 2.45) is 5.10 Å². The molecule has 1 N–H and O–H groups in total. The number of amides is 1. The molecular weight excluding hydrogens is 344 g/mol. The largest absolute Gasteiger partial charge is 0.272 e. The summed E-state index contributed by atoms with van der Waals surface area (Å²) in [6.07, 6.45) is 3.15. The van der Waals surface area contributed by atoms with Crippen molar-refractivity contribution in [3.63, 3.8) is 0 Å². The van der Waals surface area contributed by atoms with Gasteiger partial charge in [0.15, 0.2) is 5.16 Å². The van der Waals surface area contributed by atoms with Gasteiger partial charge in [-0.2, -0.15) is 5.10 Å². The molecule has 0 saturated carbocycles. The minimum Gasteiger partial charge on any atom is -0.272 e. The molecule has 0 saturated heterocycles. The lowest BCUT2D eigenvalue weighted by molar-refractivity contribution is -0.118. The van der Waals surface area contributed by atoms with Gasteiger partial charge in [-0.25, -0.2) is 15.4 Å². The fourth-order valence-corrected chi connectivity index (χ4v) is 2.75. The standard InChI is InChI=1S/C17H17ClN4OS/c1-12-8-13(2)21-17(20-12)24-11-16(23)22-19-10-15(18)9-14-6-4-3-5-7-14/h3-10H,11H2,1-2H3,(H,22,23)/b15-9-,19-10+. The molecule has 0 radical (unpaired) electrons. The van der Waals surface area contributed by atoms with Gasteiger partial charge in [-0.15, -0.1) is 0 Å². The quantitative estimate of drug-likeness (QED) is 0.370. The third-order valence-corrected chi connectivity index (χ3v) is 3.83. The van der Waals surface area contributed by atoms with Crippen LogP contribution in [0.1, 0.15) is 17.0 Å². The summed E-state index contributed by atoms with van der Waals surface area (Å²) >= 11 is 7.30. The third-order valence-electron chi connectivity index (χ3n) is 2.78. The predicted octanol–water partition coefficient (Wildman–Crippen LogP) is 3.57. The number of halogens is 1. The second kappa shape index (κ2) is 9.20. The van der Waals surface area contributed by atoms with E-state index in [2.05, 4.69) is 20.5 Å².